The highest BCUT2D eigenvalue weighted by Gasteiger charge is 2.41. The van der Waals surface area contributed by atoms with Crippen LogP contribution in [0.4, 0.5) is 0 Å². The monoisotopic (exact) mass is 259 g/mol. The van der Waals surface area contributed by atoms with Gasteiger partial charge in [0.25, 0.3) is 0 Å². The third kappa shape index (κ3) is 2.78. The Bertz CT molecular complexity index is 440. The summed E-state index contributed by atoms with van der Waals surface area (Å²) in [5.74, 6) is 0.287. The summed E-state index contributed by atoms with van der Waals surface area (Å²) in [7, 11) is 0. The molecule has 1 amide bonds. The summed E-state index contributed by atoms with van der Waals surface area (Å²) >= 11 is 0. The highest BCUT2D eigenvalue weighted by Crippen LogP contribution is 2.36. The first-order chi connectivity index (χ1) is 9.27. The van der Waals surface area contributed by atoms with E-state index in [-0.39, 0.29) is 5.91 Å². The number of aryl methyl sites for hydroxylation is 1. The molecule has 0 radical (unpaired) electrons. The highest BCUT2D eigenvalue weighted by molar-refractivity contribution is 5.76. The van der Waals surface area contributed by atoms with Crippen LogP contribution in [0.15, 0.2) is 24.4 Å². The van der Waals surface area contributed by atoms with Gasteiger partial charge in [0.2, 0.25) is 5.91 Å². The van der Waals surface area contributed by atoms with Crippen molar-refractivity contribution >= 4 is 5.91 Å². The van der Waals surface area contributed by atoms with Crippen LogP contribution >= 0.6 is 0 Å². The summed E-state index contributed by atoms with van der Waals surface area (Å²) < 4.78 is 0. The number of hydrogen-bond donors (Lipinski definition) is 1. The number of carbonyl (C=O) groups excluding carboxylic acids is 1. The standard InChI is InChI=1S/C15H21N3O/c19-14(5-4-13-3-1-2-8-17-13)18-10-7-15(12-18)6-9-16-11-15/h1-3,8,16H,4-7,9-12H2. The smallest absolute Gasteiger partial charge is 0.222 e. The lowest BCUT2D eigenvalue weighted by Gasteiger charge is -2.22. The molecule has 1 atom stereocenters. The van der Waals surface area contributed by atoms with Crippen molar-refractivity contribution in [3.05, 3.63) is 30.1 Å². The number of nitrogens with zero attached hydrogens (tertiary/aromatic N) is 2. The van der Waals surface area contributed by atoms with Crippen LogP contribution in [-0.4, -0.2) is 42.0 Å². The zero-order valence-corrected chi connectivity index (χ0v) is 11.3. The second-order valence-electron chi connectivity index (χ2n) is 5.81. The van der Waals surface area contributed by atoms with Gasteiger partial charge < -0.3 is 10.2 Å². The zero-order valence-electron chi connectivity index (χ0n) is 11.3. The molecule has 0 saturated carbocycles. The minimum absolute atomic E-state index is 0.287. The van der Waals surface area contributed by atoms with E-state index in [0.29, 0.717) is 11.8 Å². The molecule has 1 aromatic heterocycles. The Kier molecular flexibility index (Phi) is 3.51. The summed E-state index contributed by atoms with van der Waals surface area (Å²) in [6, 6.07) is 5.87. The molecule has 102 valence electrons. The second-order valence-corrected chi connectivity index (χ2v) is 5.81. The van der Waals surface area contributed by atoms with Gasteiger partial charge in [-0.2, -0.15) is 0 Å². The summed E-state index contributed by atoms with van der Waals surface area (Å²) in [6.07, 6.45) is 5.50. The van der Waals surface area contributed by atoms with Crippen LogP contribution in [0, 0.1) is 5.41 Å². The average molecular weight is 259 g/mol. The Morgan fingerprint density at radius 2 is 2.37 bits per heavy atom. The zero-order chi connectivity index (χ0) is 13.1. The summed E-state index contributed by atoms with van der Waals surface area (Å²) in [6.45, 7) is 4.07. The maximum atomic E-state index is 12.2. The minimum Gasteiger partial charge on any atom is -0.342 e. The maximum absolute atomic E-state index is 12.2. The fraction of sp³-hybridized carbons (Fsp3) is 0.600. The molecule has 1 N–H and O–H groups in total. The molecule has 19 heavy (non-hydrogen) atoms. The van der Waals surface area contributed by atoms with E-state index >= 15 is 0 Å². The van der Waals surface area contributed by atoms with Crippen LogP contribution in [-0.2, 0) is 11.2 Å². The van der Waals surface area contributed by atoms with E-state index < -0.39 is 0 Å². The fourth-order valence-electron chi connectivity index (χ4n) is 3.23. The third-order valence-electron chi connectivity index (χ3n) is 4.44. The third-order valence-corrected chi connectivity index (χ3v) is 4.44. The van der Waals surface area contributed by atoms with Crippen LogP contribution < -0.4 is 5.32 Å². The number of pyridine rings is 1. The number of rotatable bonds is 3. The van der Waals surface area contributed by atoms with E-state index in [2.05, 4.69) is 15.2 Å². The van der Waals surface area contributed by atoms with Crippen LogP contribution in [0.1, 0.15) is 25.0 Å². The average Bonchev–Trinajstić information content (AvgIpc) is 3.08. The first kappa shape index (κ1) is 12.6. The molecular weight excluding hydrogens is 238 g/mol. The summed E-state index contributed by atoms with van der Waals surface area (Å²) in [5.41, 5.74) is 1.38. The normalized spacial score (nSPS) is 26.2. The van der Waals surface area contributed by atoms with Crippen molar-refractivity contribution < 1.29 is 4.79 Å². The highest BCUT2D eigenvalue weighted by atomic mass is 16.2. The van der Waals surface area contributed by atoms with Gasteiger partial charge in [-0.3, -0.25) is 9.78 Å². The number of likely N-dealkylation sites (tertiary alicyclic amines) is 1. The molecular formula is C15H21N3O. The predicted molar refractivity (Wildman–Crippen MR) is 73.7 cm³/mol. The second kappa shape index (κ2) is 5.29. The molecule has 1 aromatic rings. The molecule has 4 heteroatoms. The quantitative estimate of drug-likeness (QED) is 0.888. The molecule has 1 unspecified atom stereocenters. The Morgan fingerprint density at radius 3 is 3.11 bits per heavy atom. The molecule has 2 aliphatic heterocycles. The number of amides is 1. The van der Waals surface area contributed by atoms with Crippen molar-refractivity contribution in [2.45, 2.75) is 25.7 Å². The van der Waals surface area contributed by atoms with Gasteiger partial charge in [0, 0.05) is 43.4 Å². The molecule has 2 aliphatic rings. The molecule has 2 saturated heterocycles. The van der Waals surface area contributed by atoms with E-state index in [0.717, 1.165) is 44.7 Å². The van der Waals surface area contributed by atoms with Gasteiger partial charge in [-0.05, 0) is 37.9 Å². The number of nitrogens with one attached hydrogen (secondary N) is 1. The van der Waals surface area contributed by atoms with Crippen molar-refractivity contribution in [3.8, 4) is 0 Å². The number of aromatic nitrogens is 1. The van der Waals surface area contributed by atoms with Gasteiger partial charge in [-0.25, -0.2) is 0 Å². The lowest BCUT2D eigenvalue weighted by Crippen LogP contribution is -2.33. The first-order valence-electron chi connectivity index (χ1n) is 7.16. The topological polar surface area (TPSA) is 45.2 Å². The Balaban J connectivity index is 1.51. The van der Waals surface area contributed by atoms with E-state index in [4.69, 9.17) is 0 Å². The fourth-order valence-corrected chi connectivity index (χ4v) is 3.23. The molecule has 2 fully saturated rings. The van der Waals surface area contributed by atoms with Gasteiger partial charge >= 0.3 is 0 Å². The molecule has 4 nitrogen and oxygen atoms in total. The van der Waals surface area contributed by atoms with E-state index in [1.54, 1.807) is 6.20 Å². The van der Waals surface area contributed by atoms with Crippen molar-refractivity contribution in [3.63, 3.8) is 0 Å². The van der Waals surface area contributed by atoms with Gasteiger partial charge in [0.15, 0.2) is 0 Å². The van der Waals surface area contributed by atoms with E-state index in [9.17, 15) is 4.79 Å². The van der Waals surface area contributed by atoms with E-state index in [1.165, 1.54) is 6.42 Å². The molecule has 0 aromatic carbocycles. The molecule has 1 spiro atoms. The maximum Gasteiger partial charge on any atom is 0.222 e. The Labute approximate surface area is 114 Å². The first-order valence-corrected chi connectivity index (χ1v) is 7.16. The van der Waals surface area contributed by atoms with Gasteiger partial charge in [0.05, 0.1) is 0 Å². The minimum atomic E-state index is 0.287. The largest absolute Gasteiger partial charge is 0.342 e. The van der Waals surface area contributed by atoms with Crippen molar-refractivity contribution in [2.24, 2.45) is 5.41 Å². The van der Waals surface area contributed by atoms with Crippen molar-refractivity contribution in [2.75, 3.05) is 26.2 Å². The van der Waals surface area contributed by atoms with Crippen LogP contribution in [0.25, 0.3) is 0 Å². The SMILES string of the molecule is O=C(CCc1ccccn1)N1CCC2(CCNC2)C1. The number of hydrogen-bond acceptors (Lipinski definition) is 3. The predicted octanol–water partition coefficient (Wildman–Crippen LogP) is 1.23. The van der Waals surface area contributed by atoms with Crippen LogP contribution in [0.5, 0.6) is 0 Å². The van der Waals surface area contributed by atoms with Gasteiger partial charge in [-0.1, -0.05) is 6.07 Å². The lowest BCUT2D eigenvalue weighted by molar-refractivity contribution is -0.130. The summed E-state index contributed by atoms with van der Waals surface area (Å²) in [4.78, 5) is 18.6. The van der Waals surface area contributed by atoms with Gasteiger partial charge in [-0.15, -0.1) is 0 Å². The lowest BCUT2D eigenvalue weighted by atomic mass is 9.86. The van der Waals surface area contributed by atoms with Crippen molar-refractivity contribution in [1.29, 1.82) is 0 Å². The molecule has 0 aliphatic carbocycles. The Morgan fingerprint density at radius 1 is 1.42 bits per heavy atom. The number of carbonyl (C=O) groups is 1. The van der Waals surface area contributed by atoms with Crippen LogP contribution in [0.3, 0.4) is 0 Å². The molecule has 0 bridgehead atoms. The summed E-state index contributed by atoms with van der Waals surface area (Å²) in [5, 5.41) is 3.42. The molecule has 3 rings (SSSR count). The van der Waals surface area contributed by atoms with E-state index in [1.807, 2.05) is 18.2 Å². The molecule has 3 heterocycles. The van der Waals surface area contributed by atoms with Crippen molar-refractivity contribution in [1.82, 2.24) is 15.2 Å². The Hall–Kier alpha value is -1.42. The van der Waals surface area contributed by atoms with Crippen LogP contribution in [0.2, 0.25) is 0 Å². The van der Waals surface area contributed by atoms with Gasteiger partial charge in [0.1, 0.15) is 0 Å².